The van der Waals surface area contributed by atoms with Gasteiger partial charge in [0.2, 0.25) is 11.8 Å². The van der Waals surface area contributed by atoms with Crippen LogP contribution in [-0.2, 0) is 37.7 Å². The minimum Gasteiger partial charge on any atom is -0.481 e. The molecule has 2 heterocycles. The molecule has 218 valence electrons. The second kappa shape index (κ2) is 11.6. The molecule has 0 fully saturated rings. The Bertz CT molecular complexity index is 1710. The van der Waals surface area contributed by atoms with E-state index in [1.54, 1.807) is 18.2 Å². The van der Waals surface area contributed by atoms with E-state index in [-0.39, 0.29) is 31.6 Å². The monoisotopic (exact) mass is 577 g/mol. The molecule has 2 unspecified atom stereocenters. The lowest BCUT2D eigenvalue weighted by atomic mass is 9.77. The Kier molecular flexibility index (Phi) is 7.56. The van der Waals surface area contributed by atoms with Crippen molar-refractivity contribution in [3.8, 4) is 11.5 Å². The molecule has 4 aromatic rings. The van der Waals surface area contributed by atoms with Gasteiger partial charge in [0.25, 0.3) is 0 Å². The smallest absolute Gasteiger partial charge is 0.303 e. The van der Waals surface area contributed by atoms with Crippen molar-refractivity contribution in [2.45, 2.75) is 43.9 Å². The maximum absolute atomic E-state index is 13.6. The van der Waals surface area contributed by atoms with E-state index in [2.05, 4.69) is 16.7 Å². The summed E-state index contributed by atoms with van der Waals surface area (Å²) in [6.45, 7) is 0.436. The fourth-order valence-corrected chi connectivity index (χ4v) is 5.81. The van der Waals surface area contributed by atoms with Crippen LogP contribution in [0.3, 0.4) is 0 Å². The summed E-state index contributed by atoms with van der Waals surface area (Å²) in [5.74, 6) is -0.680. The van der Waals surface area contributed by atoms with E-state index < -0.39 is 23.5 Å². The Morgan fingerprint density at radius 1 is 0.860 bits per heavy atom. The average molecular weight is 578 g/mol. The molecule has 0 saturated heterocycles. The zero-order valence-electron chi connectivity index (χ0n) is 23.3. The Morgan fingerprint density at radius 3 is 2.37 bits per heavy atom. The van der Waals surface area contributed by atoms with Gasteiger partial charge in [-0.15, -0.1) is 0 Å². The third kappa shape index (κ3) is 5.54. The number of hydrogen-bond acceptors (Lipinski definition) is 6. The van der Waals surface area contributed by atoms with Gasteiger partial charge < -0.3 is 30.9 Å². The average Bonchev–Trinajstić information content (AvgIpc) is 3.37. The number of amides is 2. The number of anilines is 2. The lowest BCUT2D eigenvalue weighted by Crippen LogP contribution is -2.45. The Morgan fingerprint density at radius 2 is 1.58 bits per heavy atom. The first-order valence-corrected chi connectivity index (χ1v) is 14.1. The molecular weight excluding hydrogens is 546 g/mol. The predicted molar refractivity (Wildman–Crippen MR) is 161 cm³/mol. The number of nitrogens with two attached hydrogens (primary N) is 1. The molecule has 0 bridgehead atoms. The van der Waals surface area contributed by atoms with Gasteiger partial charge in [0, 0.05) is 53.9 Å². The first-order valence-electron chi connectivity index (χ1n) is 14.1. The van der Waals surface area contributed by atoms with Crippen molar-refractivity contribution in [3.05, 3.63) is 119 Å². The fraction of sp³-hybridized carbons (Fsp3) is 0.206. The lowest BCUT2D eigenvalue weighted by Gasteiger charge is -2.37. The summed E-state index contributed by atoms with van der Waals surface area (Å²) in [5, 5.41) is 14.6. The molecule has 0 saturated carbocycles. The molecule has 5 N–H and O–H groups in total. The van der Waals surface area contributed by atoms with Gasteiger partial charge in [-0.3, -0.25) is 14.4 Å². The zero-order valence-corrected chi connectivity index (χ0v) is 23.3. The number of benzene rings is 4. The molecule has 0 aliphatic carbocycles. The SMILES string of the molecule is Nc1ccc2c(c1)Oc1cc(NC(=O)C(Cc3ccccc3)NC(=O)CCCC(=O)O)ccc1C21OCc2ccccc21. The molecule has 9 heteroatoms. The summed E-state index contributed by atoms with van der Waals surface area (Å²) in [4.78, 5) is 37.1. The molecule has 2 aliphatic rings. The van der Waals surface area contributed by atoms with Crippen LogP contribution in [0.2, 0.25) is 0 Å². The summed E-state index contributed by atoms with van der Waals surface area (Å²) in [7, 11) is 0. The van der Waals surface area contributed by atoms with Crippen LogP contribution in [0.5, 0.6) is 11.5 Å². The highest BCUT2D eigenvalue weighted by atomic mass is 16.5. The van der Waals surface area contributed by atoms with Crippen molar-refractivity contribution < 1.29 is 29.0 Å². The number of hydrogen-bond donors (Lipinski definition) is 4. The summed E-state index contributed by atoms with van der Waals surface area (Å²) < 4.78 is 12.9. The Labute approximate surface area is 248 Å². The maximum atomic E-state index is 13.6. The van der Waals surface area contributed by atoms with E-state index in [1.165, 1.54) is 0 Å². The number of carboxylic acids is 1. The summed E-state index contributed by atoms with van der Waals surface area (Å²) >= 11 is 0. The van der Waals surface area contributed by atoms with Gasteiger partial charge in [-0.25, -0.2) is 0 Å². The molecule has 2 atom stereocenters. The van der Waals surface area contributed by atoms with Crippen molar-refractivity contribution in [1.29, 1.82) is 0 Å². The molecule has 4 aromatic carbocycles. The first-order chi connectivity index (χ1) is 20.8. The normalized spacial score (nSPS) is 16.7. The molecule has 2 amide bonds. The topological polar surface area (TPSA) is 140 Å². The van der Waals surface area contributed by atoms with Gasteiger partial charge in [0.15, 0.2) is 5.60 Å². The van der Waals surface area contributed by atoms with Gasteiger partial charge in [0.1, 0.15) is 17.5 Å². The van der Waals surface area contributed by atoms with Crippen LogP contribution in [0, 0.1) is 0 Å². The van der Waals surface area contributed by atoms with Gasteiger partial charge >= 0.3 is 5.97 Å². The van der Waals surface area contributed by atoms with E-state index in [1.807, 2.05) is 66.7 Å². The summed E-state index contributed by atoms with van der Waals surface area (Å²) in [5.41, 5.74) is 10.9. The number of ether oxygens (including phenoxy) is 2. The van der Waals surface area contributed by atoms with Gasteiger partial charge in [-0.2, -0.15) is 0 Å². The summed E-state index contributed by atoms with van der Waals surface area (Å²) in [6, 6.07) is 27.5. The first kappa shape index (κ1) is 28.0. The number of fused-ring (bicyclic) bond motifs is 6. The molecule has 0 aromatic heterocycles. The van der Waals surface area contributed by atoms with Crippen molar-refractivity contribution in [1.82, 2.24) is 5.32 Å². The number of carbonyl (C=O) groups is 3. The van der Waals surface area contributed by atoms with Crippen LogP contribution in [0.1, 0.15) is 47.1 Å². The van der Waals surface area contributed by atoms with E-state index in [9.17, 15) is 14.4 Å². The number of rotatable bonds is 9. The standard InChI is InChI=1S/C34H31N3O6/c35-23-13-15-26-29(18-23)43-30-19-24(14-16-27(30)34(26)25-10-5-4-9-22(25)20-42-34)36-33(41)28(17-21-7-2-1-3-8-21)37-31(38)11-6-12-32(39)40/h1-5,7-10,13-16,18-19,28H,6,11-12,17,20,35H2,(H,36,41)(H,37,38)(H,39,40). The van der Waals surface area contributed by atoms with Crippen LogP contribution < -0.4 is 21.1 Å². The Balaban J connectivity index is 1.29. The van der Waals surface area contributed by atoms with E-state index in [0.29, 0.717) is 29.5 Å². The minimum atomic E-state index is -0.973. The molecule has 1 spiro atoms. The highest BCUT2D eigenvalue weighted by Gasteiger charge is 2.49. The maximum Gasteiger partial charge on any atom is 0.303 e. The number of carboxylic acid groups (broad SMARTS) is 1. The number of carbonyl (C=O) groups excluding carboxylic acids is 2. The quantitative estimate of drug-likeness (QED) is 0.203. The fourth-order valence-electron chi connectivity index (χ4n) is 5.81. The van der Waals surface area contributed by atoms with E-state index in [0.717, 1.165) is 27.8 Å². The van der Waals surface area contributed by atoms with Crippen LogP contribution in [0.25, 0.3) is 0 Å². The number of nitrogen functional groups attached to an aromatic ring is 1. The van der Waals surface area contributed by atoms with Gasteiger partial charge in [-0.1, -0.05) is 54.6 Å². The van der Waals surface area contributed by atoms with Crippen molar-refractivity contribution in [3.63, 3.8) is 0 Å². The molecule has 0 radical (unpaired) electrons. The molecular formula is C34H31N3O6. The number of nitrogens with one attached hydrogen (secondary N) is 2. The summed E-state index contributed by atoms with van der Waals surface area (Å²) in [6.07, 6.45) is 0.327. The van der Waals surface area contributed by atoms with Crippen molar-refractivity contribution in [2.75, 3.05) is 11.1 Å². The second-order valence-electron chi connectivity index (χ2n) is 10.7. The van der Waals surface area contributed by atoms with Crippen molar-refractivity contribution >= 4 is 29.2 Å². The van der Waals surface area contributed by atoms with Crippen LogP contribution in [0.4, 0.5) is 11.4 Å². The minimum absolute atomic E-state index is 0.00362. The largest absolute Gasteiger partial charge is 0.481 e. The molecule has 2 aliphatic heterocycles. The third-order valence-electron chi connectivity index (χ3n) is 7.80. The zero-order chi connectivity index (χ0) is 30.0. The molecule has 43 heavy (non-hydrogen) atoms. The highest BCUT2D eigenvalue weighted by Crippen LogP contribution is 2.56. The Hall–Kier alpha value is -5.15. The van der Waals surface area contributed by atoms with Gasteiger partial charge in [0.05, 0.1) is 6.61 Å². The lowest BCUT2D eigenvalue weighted by molar-refractivity contribution is -0.137. The predicted octanol–water partition coefficient (Wildman–Crippen LogP) is 5.12. The third-order valence-corrected chi connectivity index (χ3v) is 7.80. The highest BCUT2D eigenvalue weighted by molar-refractivity contribution is 5.97. The van der Waals surface area contributed by atoms with Crippen LogP contribution in [0.15, 0.2) is 91.0 Å². The number of aliphatic carboxylic acids is 1. The molecule has 6 rings (SSSR count). The van der Waals surface area contributed by atoms with Crippen LogP contribution >= 0.6 is 0 Å². The van der Waals surface area contributed by atoms with Crippen LogP contribution in [-0.4, -0.2) is 28.9 Å². The van der Waals surface area contributed by atoms with E-state index in [4.69, 9.17) is 20.3 Å². The molecule has 9 nitrogen and oxygen atoms in total. The second-order valence-corrected chi connectivity index (χ2v) is 10.7. The van der Waals surface area contributed by atoms with Gasteiger partial charge in [-0.05, 0) is 47.4 Å². The van der Waals surface area contributed by atoms with Crippen molar-refractivity contribution in [2.24, 2.45) is 0 Å². The van der Waals surface area contributed by atoms with E-state index >= 15 is 0 Å².